The number of hydrogen-bond donors (Lipinski definition) is 0. The van der Waals surface area contributed by atoms with Gasteiger partial charge in [0.1, 0.15) is 0 Å². The molecule has 0 N–H and O–H groups in total. The Bertz CT molecular complexity index is 128. The van der Waals surface area contributed by atoms with E-state index in [9.17, 15) is 0 Å². The monoisotopic (exact) mass is 190 g/mol. The zero-order chi connectivity index (χ0) is 8.74. The van der Waals surface area contributed by atoms with Gasteiger partial charge in [-0.1, -0.05) is 0 Å². The van der Waals surface area contributed by atoms with Crippen LogP contribution in [0.5, 0.6) is 0 Å². The molecule has 0 aromatic rings. The second kappa shape index (κ2) is 7.39. The maximum atomic E-state index is 8.46. The molecule has 0 heterocycles. The van der Waals surface area contributed by atoms with Crippen molar-refractivity contribution < 1.29 is 16.9 Å². The van der Waals surface area contributed by atoms with Crippen molar-refractivity contribution >= 4 is 0 Å². The lowest BCUT2D eigenvalue weighted by molar-refractivity contribution is -0.922. The van der Waals surface area contributed by atoms with Gasteiger partial charge >= 0.3 is 0 Å². The van der Waals surface area contributed by atoms with E-state index in [0.29, 0.717) is 6.42 Å². The third-order valence-corrected chi connectivity index (χ3v) is 2.71. The van der Waals surface area contributed by atoms with Crippen molar-refractivity contribution in [1.29, 1.82) is 5.26 Å². The fraction of sp³-hybridized carbons (Fsp3) is 0.889. The van der Waals surface area contributed by atoms with Gasteiger partial charge in [0.15, 0.2) is 0 Å². The van der Waals surface area contributed by atoms with Gasteiger partial charge in [0.05, 0.1) is 38.7 Å². The van der Waals surface area contributed by atoms with Gasteiger partial charge in [-0.3, -0.25) is 0 Å². The van der Waals surface area contributed by atoms with E-state index in [-0.39, 0.29) is 12.4 Å². The van der Waals surface area contributed by atoms with Gasteiger partial charge in [-0.2, -0.15) is 5.26 Å². The molecule has 0 unspecified atom stereocenters. The summed E-state index contributed by atoms with van der Waals surface area (Å²) in [5, 5.41) is 8.46. The molecule has 12 heavy (non-hydrogen) atoms. The highest BCUT2D eigenvalue weighted by molar-refractivity contribution is 4.67. The zero-order valence-corrected chi connectivity index (χ0v) is 9.06. The summed E-state index contributed by atoms with van der Waals surface area (Å²) < 4.78 is 1.09. The van der Waals surface area contributed by atoms with Gasteiger partial charge in [0.25, 0.3) is 0 Å². The molecule has 2 nitrogen and oxygen atoms in total. The number of nitrogens with zero attached hydrogens (tertiary/aromatic N) is 2. The number of rotatable bonds is 5. The summed E-state index contributed by atoms with van der Waals surface area (Å²) in [6.45, 7) is 11.1. The molecule has 0 amide bonds. The first kappa shape index (κ1) is 14.3. The van der Waals surface area contributed by atoms with Crippen molar-refractivity contribution in [2.75, 3.05) is 26.2 Å². The van der Waals surface area contributed by atoms with Crippen LogP contribution >= 0.6 is 0 Å². The number of halogens is 1. The van der Waals surface area contributed by atoms with Crippen LogP contribution in [0.15, 0.2) is 0 Å². The SMILES string of the molecule is CC[N+](CC)(CC)CCC#N.[Cl-]. The standard InChI is InChI=1S/C9H19N2.ClH/c1-4-11(5-2,6-3)9-7-8-10;/h4-7,9H2,1-3H3;1H/q+1;/p-1. The predicted molar refractivity (Wildman–Crippen MR) is 47.0 cm³/mol. The largest absolute Gasteiger partial charge is 1.00 e. The van der Waals surface area contributed by atoms with Crippen molar-refractivity contribution in [2.45, 2.75) is 27.2 Å². The molecule has 0 atom stereocenters. The van der Waals surface area contributed by atoms with Crippen molar-refractivity contribution in [1.82, 2.24) is 0 Å². The molecule has 0 radical (unpaired) electrons. The van der Waals surface area contributed by atoms with Crippen LogP contribution in [0, 0.1) is 11.3 Å². The molecule has 3 heteroatoms. The Kier molecular flexibility index (Phi) is 8.79. The Morgan fingerprint density at radius 2 is 1.50 bits per heavy atom. The van der Waals surface area contributed by atoms with E-state index in [2.05, 4.69) is 26.8 Å². The second-order valence-electron chi connectivity index (χ2n) is 2.92. The summed E-state index contributed by atoms with van der Waals surface area (Å²) in [6.07, 6.45) is 0.690. The van der Waals surface area contributed by atoms with E-state index in [1.165, 1.54) is 0 Å². The molecule has 72 valence electrons. The van der Waals surface area contributed by atoms with Crippen molar-refractivity contribution in [2.24, 2.45) is 0 Å². The molecule has 0 fully saturated rings. The molecular weight excluding hydrogens is 172 g/mol. The second-order valence-corrected chi connectivity index (χ2v) is 2.92. The summed E-state index contributed by atoms with van der Waals surface area (Å²) in [5.41, 5.74) is 0. The maximum absolute atomic E-state index is 8.46. The van der Waals surface area contributed by atoms with Crippen LogP contribution in [0.25, 0.3) is 0 Å². The first-order valence-corrected chi connectivity index (χ1v) is 4.46. The van der Waals surface area contributed by atoms with Gasteiger partial charge in [-0.15, -0.1) is 0 Å². The minimum Gasteiger partial charge on any atom is -1.00 e. The Labute approximate surface area is 82.2 Å². The maximum Gasteiger partial charge on any atom is 0.0918 e. The van der Waals surface area contributed by atoms with E-state index in [1.54, 1.807) is 0 Å². The highest BCUT2D eigenvalue weighted by Gasteiger charge is 2.19. The molecule has 0 aromatic heterocycles. The molecule has 0 aliphatic rings. The molecule has 0 saturated carbocycles. The summed E-state index contributed by atoms with van der Waals surface area (Å²) >= 11 is 0. The number of nitriles is 1. The molecule has 0 aliphatic heterocycles. The Morgan fingerprint density at radius 1 is 1.08 bits per heavy atom. The topological polar surface area (TPSA) is 23.8 Å². The first-order valence-electron chi connectivity index (χ1n) is 4.46. The van der Waals surface area contributed by atoms with Gasteiger partial charge in [-0.05, 0) is 20.8 Å². The van der Waals surface area contributed by atoms with E-state index >= 15 is 0 Å². The number of quaternary nitrogens is 1. The minimum absolute atomic E-state index is 0. The minimum atomic E-state index is 0. The molecule has 0 rings (SSSR count). The molecule has 0 spiro atoms. The Hall–Kier alpha value is -0.260. The highest BCUT2D eigenvalue weighted by Crippen LogP contribution is 2.06. The lowest BCUT2D eigenvalue weighted by atomic mass is 10.3. The van der Waals surface area contributed by atoms with E-state index in [0.717, 1.165) is 30.7 Å². The van der Waals surface area contributed by atoms with Crippen LogP contribution in [0.3, 0.4) is 0 Å². The van der Waals surface area contributed by atoms with Crippen molar-refractivity contribution in [3.05, 3.63) is 0 Å². The average molecular weight is 191 g/mol. The highest BCUT2D eigenvalue weighted by atomic mass is 35.5. The molecule has 0 aromatic carbocycles. The van der Waals surface area contributed by atoms with Crippen molar-refractivity contribution in [3.63, 3.8) is 0 Å². The Morgan fingerprint density at radius 3 is 1.75 bits per heavy atom. The molecular formula is C9H19ClN2. The van der Waals surface area contributed by atoms with Crippen LogP contribution < -0.4 is 12.4 Å². The summed E-state index contributed by atoms with van der Waals surface area (Å²) in [4.78, 5) is 0. The molecule has 0 bridgehead atoms. The third kappa shape index (κ3) is 3.94. The predicted octanol–water partition coefficient (Wildman–Crippen LogP) is -1.22. The van der Waals surface area contributed by atoms with E-state index in [4.69, 9.17) is 5.26 Å². The quantitative estimate of drug-likeness (QED) is 0.499. The van der Waals surface area contributed by atoms with E-state index in [1.807, 2.05) is 0 Å². The van der Waals surface area contributed by atoms with Crippen LogP contribution in [0.2, 0.25) is 0 Å². The summed E-state index contributed by atoms with van der Waals surface area (Å²) in [7, 11) is 0. The van der Waals surface area contributed by atoms with Gasteiger partial charge < -0.3 is 16.9 Å². The normalized spacial score (nSPS) is 10.2. The van der Waals surface area contributed by atoms with Crippen LogP contribution in [-0.2, 0) is 0 Å². The van der Waals surface area contributed by atoms with Crippen molar-refractivity contribution in [3.8, 4) is 6.07 Å². The fourth-order valence-corrected chi connectivity index (χ4v) is 1.43. The summed E-state index contributed by atoms with van der Waals surface area (Å²) in [5.74, 6) is 0. The molecule has 0 saturated heterocycles. The van der Waals surface area contributed by atoms with Crippen LogP contribution in [-0.4, -0.2) is 30.7 Å². The van der Waals surface area contributed by atoms with Crippen LogP contribution in [0.1, 0.15) is 27.2 Å². The lowest BCUT2D eigenvalue weighted by Crippen LogP contribution is -3.00. The first-order chi connectivity index (χ1) is 5.24. The Balaban J connectivity index is 0. The lowest BCUT2D eigenvalue weighted by Gasteiger charge is -2.34. The zero-order valence-electron chi connectivity index (χ0n) is 8.31. The number of hydrogen-bond acceptors (Lipinski definition) is 1. The van der Waals surface area contributed by atoms with Gasteiger partial charge in [0, 0.05) is 0 Å². The average Bonchev–Trinajstić information content (AvgIpc) is 2.08. The van der Waals surface area contributed by atoms with Gasteiger partial charge in [-0.25, -0.2) is 0 Å². The summed E-state index contributed by atoms with van der Waals surface area (Å²) in [6, 6.07) is 2.21. The van der Waals surface area contributed by atoms with E-state index < -0.39 is 0 Å². The third-order valence-electron chi connectivity index (χ3n) is 2.71. The smallest absolute Gasteiger partial charge is 0.0918 e. The molecule has 0 aliphatic carbocycles. The van der Waals surface area contributed by atoms with Crippen LogP contribution in [0.4, 0.5) is 0 Å². The fourth-order valence-electron chi connectivity index (χ4n) is 1.43. The van der Waals surface area contributed by atoms with Gasteiger partial charge in [0.2, 0.25) is 0 Å².